The third-order valence-corrected chi connectivity index (χ3v) is 7.21. The number of aromatic nitrogens is 1. The van der Waals surface area contributed by atoms with Crippen molar-refractivity contribution in [2.24, 2.45) is 21.7 Å². The molecule has 2 aliphatic rings. The second-order valence-electron chi connectivity index (χ2n) is 10.8. The summed E-state index contributed by atoms with van der Waals surface area (Å²) in [5, 5.41) is 0. The molecule has 3 heterocycles. The molecule has 2 aliphatic heterocycles. The minimum absolute atomic E-state index is 0.0187. The predicted octanol–water partition coefficient (Wildman–Crippen LogP) is 4.22. The van der Waals surface area contributed by atoms with Crippen LogP contribution in [-0.4, -0.2) is 42.8 Å². The van der Waals surface area contributed by atoms with Crippen LogP contribution in [0.3, 0.4) is 0 Å². The van der Waals surface area contributed by atoms with Gasteiger partial charge in [0.2, 0.25) is 10.0 Å². The highest BCUT2D eigenvalue weighted by Gasteiger charge is 2.45. The fourth-order valence-electron chi connectivity index (χ4n) is 4.45. The smallest absolute Gasteiger partial charge is 0.242 e. The van der Waals surface area contributed by atoms with Crippen LogP contribution in [0.5, 0.6) is 0 Å². The third-order valence-electron chi connectivity index (χ3n) is 5.70. The Morgan fingerprint density at radius 3 is 2.33 bits per heavy atom. The number of hydrogen-bond donors (Lipinski definition) is 1. The van der Waals surface area contributed by atoms with E-state index in [0.29, 0.717) is 13.0 Å². The van der Waals surface area contributed by atoms with Gasteiger partial charge in [-0.1, -0.05) is 55.4 Å². The molecule has 2 unspecified atom stereocenters. The van der Waals surface area contributed by atoms with Crippen molar-refractivity contribution in [2.45, 2.75) is 78.8 Å². The van der Waals surface area contributed by atoms with E-state index in [0.717, 1.165) is 5.84 Å². The molecule has 0 spiro atoms. The Morgan fingerprint density at radius 2 is 1.83 bits per heavy atom. The van der Waals surface area contributed by atoms with Gasteiger partial charge in [-0.25, -0.2) is 13.1 Å². The second kappa shape index (κ2) is 7.75. The summed E-state index contributed by atoms with van der Waals surface area (Å²) in [4.78, 5) is 11.7. The Kier molecular flexibility index (Phi) is 5.93. The lowest BCUT2D eigenvalue weighted by atomic mass is 9.71. The maximum Gasteiger partial charge on any atom is 0.242 e. The van der Waals surface area contributed by atoms with Crippen molar-refractivity contribution < 1.29 is 8.42 Å². The number of nitrogens with one attached hydrogen (secondary N) is 1. The highest BCUT2D eigenvalue weighted by atomic mass is 32.2. The van der Waals surface area contributed by atoms with E-state index in [1.54, 1.807) is 18.3 Å². The van der Waals surface area contributed by atoms with Crippen molar-refractivity contribution in [2.75, 3.05) is 6.54 Å². The first-order chi connectivity index (χ1) is 13.7. The summed E-state index contributed by atoms with van der Waals surface area (Å²) in [5.41, 5.74) is 2.48. The van der Waals surface area contributed by atoms with Crippen molar-refractivity contribution in [1.82, 2.24) is 14.6 Å². The topological polar surface area (TPSA) is 74.7 Å². The van der Waals surface area contributed by atoms with Crippen molar-refractivity contribution in [1.29, 1.82) is 0 Å². The monoisotopic (exact) mass is 432 g/mol. The molecule has 30 heavy (non-hydrogen) atoms. The van der Waals surface area contributed by atoms with Crippen LogP contribution >= 0.6 is 0 Å². The lowest BCUT2D eigenvalue weighted by Crippen LogP contribution is -2.45. The fraction of sp³-hybridized carbons (Fsp3) is 0.652. The van der Waals surface area contributed by atoms with Crippen molar-refractivity contribution in [3.63, 3.8) is 0 Å². The molecule has 7 heteroatoms. The molecule has 1 aromatic rings. The number of aliphatic imine (C=N–C) groups is 1. The quantitative estimate of drug-likeness (QED) is 0.773. The molecule has 6 nitrogen and oxygen atoms in total. The van der Waals surface area contributed by atoms with Gasteiger partial charge >= 0.3 is 0 Å². The molecule has 0 aromatic carbocycles. The van der Waals surface area contributed by atoms with Crippen LogP contribution in [0, 0.1) is 16.7 Å². The second-order valence-corrected chi connectivity index (χ2v) is 12.6. The molecule has 0 saturated carbocycles. The number of nitrogens with zero attached hydrogens (tertiary/aromatic N) is 3. The van der Waals surface area contributed by atoms with E-state index < -0.39 is 10.0 Å². The van der Waals surface area contributed by atoms with Crippen molar-refractivity contribution in [3.05, 3.63) is 35.8 Å². The summed E-state index contributed by atoms with van der Waals surface area (Å²) in [6.45, 7) is 18.3. The van der Waals surface area contributed by atoms with Crippen LogP contribution in [0.25, 0.3) is 0 Å². The first-order valence-corrected chi connectivity index (χ1v) is 12.2. The van der Waals surface area contributed by atoms with Gasteiger partial charge in [-0.05, 0) is 28.5 Å². The number of amidine groups is 1. The van der Waals surface area contributed by atoms with E-state index in [-0.39, 0.29) is 33.7 Å². The van der Waals surface area contributed by atoms with Crippen molar-refractivity contribution in [3.8, 4) is 0 Å². The van der Waals surface area contributed by atoms with Crippen molar-refractivity contribution >= 4 is 15.9 Å². The van der Waals surface area contributed by atoms with Gasteiger partial charge in [0.05, 0.1) is 6.04 Å². The number of fused-ring (bicyclic) bond motifs is 1. The van der Waals surface area contributed by atoms with E-state index in [1.165, 1.54) is 17.5 Å². The minimum Gasteiger partial charge on any atom is -0.332 e. The highest BCUT2D eigenvalue weighted by Crippen LogP contribution is 2.46. The van der Waals surface area contributed by atoms with Gasteiger partial charge in [-0.3, -0.25) is 9.98 Å². The molecule has 1 fully saturated rings. The summed E-state index contributed by atoms with van der Waals surface area (Å²) >= 11 is 0. The van der Waals surface area contributed by atoms with Gasteiger partial charge in [-0.2, -0.15) is 0 Å². The summed E-state index contributed by atoms with van der Waals surface area (Å²) in [6, 6.07) is 3.10. The molecule has 0 amide bonds. The SMILES string of the molecule is CC(C)C1=NC(C(C)(C)C)C(C(C)(C)C)=C2CC(NS(=O)(=O)c3cccnc3)CN12. The molecule has 0 bridgehead atoms. The lowest BCUT2D eigenvalue weighted by molar-refractivity contribution is 0.290. The largest absolute Gasteiger partial charge is 0.332 e. The first kappa shape index (κ1) is 22.9. The normalized spacial score (nSPS) is 23.1. The summed E-state index contributed by atoms with van der Waals surface area (Å²) in [5.74, 6) is 1.32. The van der Waals surface area contributed by atoms with Gasteiger partial charge in [0.1, 0.15) is 10.7 Å². The van der Waals surface area contributed by atoms with Crippen LogP contribution < -0.4 is 4.72 Å². The van der Waals surface area contributed by atoms with E-state index >= 15 is 0 Å². The number of sulfonamides is 1. The Bertz CT molecular complexity index is 951. The Hall–Kier alpha value is -1.73. The maximum absolute atomic E-state index is 12.9. The number of pyridine rings is 1. The zero-order valence-corrected chi connectivity index (χ0v) is 20.3. The third kappa shape index (κ3) is 4.47. The number of rotatable bonds is 4. The zero-order chi connectivity index (χ0) is 22.5. The molecule has 166 valence electrons. The molecule has 1 saturated heterocycles. The molecular formula is C23H36N4O2S. The summed E-state index contributed by atoms with van der Waals surface area (Å²) in [6.07, 6.45) is 3.64. The van der Waals surface area contributed by atoms with Crippen LogP contribution in [-0.2, 0) is 10.0 Å². The Balaban J connectivity index is 2.02. The molecular weight excluding hydrogens is 396 g/mol. The number of hydrogen-bond acceptors (Lipinski definition) is 5. The van der Waals surface area contributed by atoms with Crippen LogP contribution in [0.15, 0.2) is 45.7 Å². The van der Waals surface area contributed by atoms with Gasteiger partial charge < -0.3 is 4.90 Å². The molecule has 2 atom stereocenters. The first-order valence-electron chi connectivity index (χ1n) is 10.7. The average molecular weight is 433 g/mol. The van der Waals surface area contributed by atoms with E-state index in [1.807, 2.05) is 0 Å². The van der Waals surface area contributed by atoms with Gasteiger partial charge in [0.25, 0.3) is 0 Å². The van der Waals surface area contributed by atoms with Crippen LogP contribution in [0.1, 0.15) is 61.8 Å². The van der Waals surface area contributed by atoms with E-state index in [2.05, 4.69) is 70.0 Å². The summed E-state index contributed by atoms with van der Waals surface area (Å²) in [7, 11) is -3.62. The fourth-order valence-corrected chi connectivity index (χ4v) is 5.64. The zero-order valence-electron chi connectivity index (χ0n) is 19.5. The van der Waals surface area contributed by atoms with Gasteiger partial charge in [-0.15, -0.1) is 0 Å². The lowest BCUT2D eigenvalue weighted by Gasteiger charge is -2.44. The van der Waals surface area contributed by atoms with Crippen LogP contribution in [0.2, 0.25) is 0 Å². The minimum atomic E-state index is -3.62. The standard InChI is InChI=1S/C23H36N4O2S/c1-15(2)21-25-20(23(6,7)8)19(22(3,4)5)18-12-16(14-27(18)21)26-30(28,29)17-10-9-11-24-13-17/h9-11,13,15-16,20,26H,12,14H2,1-8H3. The molecule has 0 radical (unpaired) electrons. The maximum atomic E-state index is 12.9. The van der Waals surface area contributed by atoms with E-state index in [9.17, 15) is 8.42 Å². The average Bonchev–Trinajstić information content (AvgIpc) is 3.01. The predicted molar refractivity (Wildman–Crippen MR) is 122 cm³/mol. The molecule has 1 aromatic heterocycles. The van der Waals surface area contributed by atoms with E-state index in [4.69, 9.17) is 4.99 Å². The Labute approximate surface area is 181 Å². The highest BCUT2D eigenvalue weighted by molar-refractivity contribution is 7.89. The van der Waals surface area contributed by atoms with Crippen LogP contribution in [0.4, 0.5) is 0 Å². The Morgan fingerprint density at radius 1 is 1.17 bits per heavy atom. The molecule has 1 N–H and O–H groups in total. The molecule has 0 aliphatic carbocycles. The summed E-state index contributed by atoms with van der Waals surface area (Å²) < 4.78 is 28.7. The molecule has 3 rings (SSSR count). The van der Waals surface area contributed by atoms with Gasteiger partial charge in [0.15, 0.2) is 0 Å². The van der Waals surface area contributed by atoms with Gasteiger partial charge in [0, 0.05) is 43.0 Å².